The Labute approximate surface area is 161 Å². The molecule has 1 aromatic carbocycles. The highest BCUT2D eigenvalue weighted by atomic mass is 32.2. The highest BCUT2D eigenvalue weighted by molar-refractivity contribution is 8.01. The van der Waals surface area contributed by atoms with Crippen LogP contribution in [-0.4, -0.2) is 66.2 Å². The molecule has 1 aliphatic rings. The number of morpholine rings is 1. The second-order valence-electron chi connectivity index (χ2n) is 5.93. The van der Waals surface area contributed by atoms with Gasteiger partial charge in [0.2, 0.25) is 11.0 Å². The van der Waals surface area contributed by atoms with E-state index in [1.165, 1.54) is 28.7 Å². The number of amides is 1. The maximum Gasteiger partial charge on any atom is 0.230 e. The molecule has 1 atom stereocenters. The van der Waals surface area contributed by atoms with Crippen LogP contribution >= 0.6 is 23.1 Å². The van der Waals surface area contributed by atoms with E-state index in [-0.39, 0.29) is 12.0 Å². The first-order valence-corrected chi connectivity index (χ1v) is 10.3. The van der Waals surface area contributed by atoms with E-state index < -0.39 is 0 Å². The van der Waals surface area contributed by atoms with Crippen LogP contribution in [0.15, 0.2) is 34.7 Å². The third-order valence-electron chi connectivity index (χ3n) is 3.95. The number of nitrogens with zero attached hydrogens (tertiary/aromatic N) is 3. The summed E-state index contributed by atoms with van der Waals surface area (Å²) in [5.74, 6) is 0.318. The number of thioether (sulfide) groups is 1. The molecule has 140 valence electrons. The van der Waals surface area contributed by atoms with Crippen LogP contribution in [0.25, 0.3) is 0 Å². The highest BCUT2D eigenvalue weighted by Gasteiger charge is 2.21. The minimum atomic E-state index is -0.0139. The van der Waals surface area contributed by atoms with E-state index in [9.17, 15) is 4.79 Å². The molecule has 1 aliphatic heterocycles. The number of carbonyl (C=O) groups excluding carboxylic acids is 1. The number of hydrogen-bond acceptors (Lipinski definition) is 8. The fraction of sp³-hybridized carbons (Fsp3) is 0.471. The monoisotopic (exact) mass is 393 g/mol. The second-order valence-corrected chi connectivity index (χ2v) is 8.13. The summed E-state index contributed by atoms with van der Waals surface area (Å²) in [4.78, 5) is 14.4. The Morgan fingerprint density at radius 2 is 2.23 bits per heavy atom. The predicted molar refractivity (Wildman–Crippen MR) is 105 cm³/mol. The third-order valence-corrected chi connectivity index (χ3v) is 6.02. The Balaban J connectivity index is 1.37. The molecule has 9 heteroatoms. The zero-order valence-corrected chi connectivity index (χ0v) is 16.3. The lowest BCUT2D eigenvalue weighted by Gasteiger charge is -2.33. The largest absolute Gasteiger partial charge is 0.374 e. The Bertz CT molecular complexity index is 697. The maximum atomic E-state index is 12.0. The first kappa shape index (κ1) is 19.1. The van der Waals surface area contributed by atoms with Gasteiger partial charge in [0, 0.05) is 33.2 Å². The van der Waals surface area contributed by atoms with Gasteiger partial charge in [0.05, 0.1) is 18.5 Å². The smallest absolute Gasteiger partial charge is 0.230 e. The van der Waals surface area contributed by atoms with E-state index in [0.717, 1.165) is 29.1 Å². The van der Waals surface area contributed by atoms with Crippen molar-refractivity contribution in [3.8, 4) is 0 Å². The third kappa shape index (κ3) is 5.94. The van der Waals surface area contributed by atoms with Crippen LogP contribution in [0.3, 0.4) is 0 Å². The minimum absolute atomic E-state index is 0.0139. The molecule has 26 heavy (non-hydrogen) atoms. The maximum absolute atomic E-state index is 12.0. The van der Waals surface area contributed by atoms with E-state index in [1.54, 1.807) is 7.05 Å². The number of aromatic nitrogens is 2. The van der Waals surface area contributed by atoms with Crippen molar-refractivity contribution in [2.24, 2.45) is 0 Å². The molecule has 1 unspecified atom stereocenters. The van der Waals surface area contributed by atoms with Crippen LogP contribution in [-0.2, 0) is 16.1 Å². The summed E-state index contributed by atoms with van der Waals surface area (Å²) in [6.07, 6.45) is 0.0267. The summed E-state index contributed by atoms with van der Waals surface area (Å²) in [7, 11) is 1.80. The Kier molecular flexibility index (Phi) is 7.24. The van der Waals surface area contributed by atoms with Crippen molar-refractivity contribution in [1.82, 2.24) is 20.4 Å². The Morgan fingerprint density at radius 3 is 3.00 bits per heavy atom. The minimum Gasteiger partial charge on any atom is -0.374 e. The van der Waals surface area contributed by atoms with Crippen LogP contribution < -0.4 is 10.6 Å². The van der Waals surface area contributed by atoms with Crippen molar-refractivity contribution in [2.45, 2.75) is 17.0 Å². The number of carbonyl (C=O) groups is 1. The molecule has 1 aromatic heterocycles. The van der Waals surface area contributed by atoms with Gasteiger partial charge in [-0.1, -0.05) is 53.4 Å². The molecule has 0 bridgehead atoms. The Morgan fingerprint density at radius 1 is 1.38 bits per heavy atom. The summed E-state index contributed by atoms with van der Waals surface area (Å²) in [5.41, 5.74) is 1.30. The number of benzene rings is 1. The lowest BCUT2D eigenvalue weighted by atomic mass is 10.2. The average Bonchev–Trinajstić information content (AvgIpc) is 3.14. The predicted octanol–water partition coefficient (Wildman–Crippen LogP) is 1.69. The van der Waals surface area contributed by atoms with Crippen molar-refractivity contribution in [3.63, 3.8) is 0 Å². The molecule has 3 rings (SSSR count). The summed E-state index contributed by atoms with van der Waals surface area (Å²) in [6.45, 7) is 3.88. The molecule has 0 radical (unpaired) electrons. The molecule has 2 aromatic rings. The van der Waals surface area contributed by atoms with Crippen molar-refractivity contribution in [3.05, 3.63) is 35.9 Å². The van der Waals surface area contributed by atoms with Crippen LogP contribution in [0.4, 0.5) is 5.13 Å². The summed E-state index contributed by atoms with van der Waals surface area (Å²) < 4.78 is 6.57. The van der Waals surface area contributed by atoms with Crippen LogP contribution in [0.2, 0.25) is 0 Å². The van der Waals surface area contributed by atoms with E-state index >= 15 is 0 Å². The van der Waals surface area contributed by atoms with Gasteiger partial charge in [0.1, 0.15) is 0 Å². The summed E-state index contributed by atoms with van der Waals surface area (Å²) in [6, 6.07) is 10.4. The average molecular weight is 394 g/mol. The molecule has 0 aliphatic carbocycles. The number of nitrogens with one attached hydrogen (secondary N) is 2. The van der Waals surface area contributed by atoms with Gasteiger partial charge in [0.15, 0.2) is 4.34 Å². The van der Waals surface area contributed by atoms with Crippen LogP contribution in [0.5, 0.6) is 0 Å². The fourth-order valence-corrected chi connectivity index (χ4v) is 4.20. The summed E-state index contributed by atoms with van der Waals surface area (Å²) in [5, 5.41) is 14.6. The number of ether oxygens (including phenoxy) is 1. The first-order chi connectivity index (χ1) is 12.7. The molecular formula is C17H23N5O2S2. The molecular weight excluding hydrogens is 370 g/mol. The number of anilines is 1. The van der Waals surface area contributed by atoms with Gasteiger partial charge in [0.25, 0.3) is 0 Å². The molecule has 7 nitrogen and oxygen atoms in total. The van der Waals surface area contributed by atoms with E-state index in [4.69, 9.17) is 4.74 Å². The normalized spacial score (nSPS) is 17.8. The van der Waals surface area contributed by atoms with Crippen molar-refractivity contribution >= 4 is 34.1 Å². The second kappa shape index (κ2) is 9.86. The van der Waals surface area contributed by atoms with Crippen LogP contribution in [0.1, 0.15) is 5.56 Å². The number of hydrogen-bond donors (Lipinski definition) is 2. The molecule has 1 saturated heterocycles. The van der Waals surface area contributed by atoms with Crippen molar-refractivity contribution in [1.29, 1.82) is 0 Å². The molecule has 0 saturated carbocycles. The summed E-state index contributed by atoms with van der Waals surface area (Å²) >= 11 is 2.84. The topological polar surface area (TPSA) is 79.4 Å². The zero-order chi connectivity index (χ0) is 18.2. The zero-order valence-electron chi connectivity index (χ0n) is 14.7. The molecule has 0 spiro atoms. The fourth-order valence-electron chi connectivity index (χ4n) is 2.66. The molecule has 2 heterocycles. The SMILES string of the molecule is CNc1nnc(SCC(=O)NCC2CN(Cc3ccccc3)CCO2)s1. The standard InChI is InChI=1S/C17H23N5O2S2/c1-18-16-20-21-17(26-16)25-12-15(23)19-9-14-11-22(7-8-24-14)10-13-5-3-2-4-6-13/h2-6,14H,7-12H2,1H3,(H,18,20)(H,19,23). The van der Waals surface area contributed by atoms with E-state index in [1.807, 2.05) is 6.07 Å². The van der Waals surface area contributed by atoms with Gasteiger partial charge in [-0.05, 0) is 5.56 Å². The van der Waals surface area contributed by atoms with Crippen molar-refractivity contribution < 1.29 is 9.53 Å². The quantitative estimate of drug-likeness (QED) is 0.661. The highest BCUT2D eigenvalue weighted by Crippen LogP contribution is 2.24. The number of rotatable bonds is 8. The van der Waals surface area contributed by atoms with Gasteiger partial charge in [-0.15, -0.1) is 10.2 Å². The lowest BCUT2D eigenvalue weighted by Crippen LogP contribution is -2.47. The first-order valence-electron chi connectivity index (χ1n) is 8.51. The Hall–Kier alpha value is -1.68. The van der Waals surface area contributed by atoms with Crippen LogP contribution in [0, 0.1) is 0 Å². The van der Waals surface area contributed by atoms with Gasteiger partial charge >= 0.3 is 0 Å². The van der Waals surface area contributed by atoms with Gasteiger partial charge in [-0.3, -0.25) is 9.69 Å². The van der Waals surface area contributed by atoms with Gasteiger partial charge in [-0.25, -0.2) is 0 Å². The van der Waals surface area contributed by atoms with Gasteiger partial charge in [-0.2, -0.15) is 0 Å². The molecule has 1 fully saturated rings. The van der Waals surface area contributed by atoms with E-state index in [2.05, 4.69) is 50.0 Å². The lowest BCUT2D eigenvalue weighted by molar-refractivity contribution is -0.119. The van der Waals surface area contributed by atoms with E-state index in [0.29, 0.717) is 18.9 Å². The van der Waals surface area contributed by atoms with Crippen molar-refractivity contribution in [2.75, 3.05) is 44.4 Å². The van der Waals surface area contributed by atoms with Gasteiger partial charge < -0.3 is 15.4 Å². The molecule has 2 N–H and O–H groups in total. The molecule has 1 amide bonds.